The van der Waals surface area contributed by atoms with Gasteiger partial charge in [0.25, 0.3) is 0 Å². The number of hydrogen-bond acceptors (Lipinski definition) is 7. The normalized spacial score (nSPS) is 16.4. The first-order valence-corrected chi connectivity index (χ1v) is 11.0. The summed E-state index contributed by atoms with van der Waals surface area (Å²) in [5.74, 6) is 0.486. The zero-order valence-electron chi connectivity index (χ0n) is 18.5. The number of fused-ring (bicyclic) bond motifs is 2. The number of para-hydroxylation sites is 2. The average molecular weight is 468 g/mol. The molecule has 4 aromatic rings. The maximum Gasteiger partial charge on any atom is 0.424 e. The van der Waals surface area contributed by atoms with Crippen molar-refractivity contribution in [3.05, 3.63) is 95.2 Å². The van der Waals surface area contributed by atoms with E-state index < -0.39 is 12.1 Å². The molecule has 9 nitrogen and oxygen atoms in total. The van der Waals surface area contributed by atoms with E-state index in [0.717, 1.165) is 16.2 Å². The Morgan fingerprint density at radius 2 is 1.49 bits per heavy atom. The maximum absolute atomic E-state index is 13.2. The van der Waals surface area contributed by atoms with Gasteiger partial charge in [0.2, 0.25) is 0 Å². The van der Waals surface area contributed by atoms with Gasteiger partial charge in [-0.15, -0.1) is 0 Å². The zero-order chi connectivity index (χ0) is 23.9. The van der Waals surface area contributed by atoms with Crippen LogP contribution in [-0.4, -0.2) is 42.2 Å². The van der Waals surface area contributed by atoms with Crippen LogP contribution in [0.4, 0.5) is 21.0 Å². The average Bonchev–Trinajstić information content (AvgIpc) is 3.28. The Hall–Kier alpha value is -4.63. The van der Waals surface area contributed by atoms with Crippen LogP contribution in [0.5, 0.6) is 0 Å². The summed E-state index contributed by atoms with van der Waals surface area (Å²) in [6.07, 6.45) is -0.705. The smallest absolute Gasteiger partial charge is 0.424 e. The number of hydrazine groups is 1. The van der Waals surface area contributed by atoms with E-state index in [1.165, 1.54) is 11.1 Å². The van der Waals surface area contributed by atoms with Gasteiger partial charge in [0.05, 0.1) is 17.7 Å². The lowest BCUT2D eigenvalue weighted by Crippen LogP contribution is -2.47. The number of rotatable bonds is 3. The fourth-order valence-electron chi connectivity index (χ4n) is 4.29. The summed E-state index contributed by atoms with van der Waals surface area (Å²) in [5, 5.41) is 3.72. The van der Waals surface area contributed by atoms with E-state index in [1.807, 2.05) is 41.3 Å². The van der Waals surface area contributed by atoms with E-state index >= 15 is 0 Å². The molecule has 0 saturated carbocycles. The van der Waals surface area contributed by atoms with E-state index in [-0.39, 0.29) is 18.8 Å². The highest BCUT2D eigenvalue weighted by Crippen LogP contribution is 2.29. The molecule has 1 aromatic heterocycles. The van der Waals surface area contributed by atoms with Crippen LogP contribution >= 0.6 is 0 Å². The van der Waals surface area contributed by atoms with E-state index in [4.69, 9.17) is 9.15 Å². The highest BCUT2D eigenvalue weighted by molar-refractivity contribution is 6.11. The van der Waals surface area contributed by atoms with Crippen LogP contribution in [0.1, 0.15) is 0 Å². The van der Waals surface area contributed by atoms with Crippen molar-refractivity contribution in [2.24, 2.45) is 0 Å². The highest BCUT2D eigenvalue weighted by atomic mass is 16.6. The van der Waals surface area contributed by atoms with Gasteiger partial charge < -0.3 is 14.1 Å². The van der Waals surface area contributed by atoms with Gasteiger partial charge in [0.1, 0.15) is 18.0 Å². The van der Waals surface area contributed by atoms with Gasteiger partial charge >= 0.3 is 12.1 Å². The number of nitrogens with zero attached hydrogens (tertiary/aromatic N) is 4. The van der Waals surface area contributed by atoms with Crippen molar-refractivity contribution in [1.82, 2.24) is 10.0 Å². The van der Waals surface area contributed by atoms with Gasteiger partial charge in [-0.3, -0.25) is 4.79 Å². The summed E-state index contributed by atoms with van der Waals surface area (Å²) in [4.78, 5) is 41.2. The number of benzene rings is 3. The van der Waals surface area contributed by atoms with Crippen LogP contribution in [0.15, 0.2) is 94.1 Å². The highest BCUT2D eigenvalue weighted by Gasteiger charge is 2.41. The van der Waals surface area contributed by atoms with E-state index in [2.05, 4.69) is 0 Å². The van der Waals surface area contributed by atoms with Gasteiger partial charge in [-0.1, -0.05) is 30.3 Å². The predicted octanol–water partition coefficient (Wildman–Crippen LogP) is 4.45. The molecule has 0 aliphatic carbocycles. The molecule has 3 aromatic carbocycles. The Balaban J connectivity index is 1.24. The van der Waals surface area contributed by atoms with Gasteiger partial charge in [-0.05, 0) is 48.5 Å². The molecule has 2 saturated heterocycles. The Morgan fingerprint density at radius 3 is 2.29 bits per heavy atom. The second-order valence-corrected chi connectivity index (χ2v) is 8.24. The molecule has 174 valence electrons. The monoisotopic (exact) mass is 468 g/mol. The van der Waals surface area contributed by atoms with Crippen molar-refractivity contribution < 1.29 is 18.7 Å². The van der Waals surface area contributed by atoms with Crippen molar-refractivity contribution in [2.75, 3.05) is 29.9 Å². The van der Waals surface area contributed by atoms with E-state index in [0.29, 0.717) is 29.1 Å². The number of ether oxygens (including phenoxy) is 1. The number of imide groups is 1. The van der Waals surface area contributed by atoms with Gasteiger partial charge in [0, 0.05) is 17.3 Å². The summed E-state index contributed by atoms with van der Waals surface area (Å²) in [7, 11) is 0. The molecule has 2 aliphatic rings. The Labute approximate surface area is 199 Å². The first-order chi connectivity index (χ1) is 17.1. The molecule has 3 heterocycles. The Morgan fingerprint density at radius 1 is 0.743 bits per heavy atom. The first-order valence-electron chi connectivity index (χ1n) is 11.0. The minimum Gasteiger partial charge on any atom is -0.456 e. The van der Waals surface area contributed by atoms with E-state index in [1.54, 1.807) is 47.5 Å². The summed E-state index contributed by atoms with van der Waals surface area (Å²) in [6, 6.07) is 24.4. The number of anilines is 2. The van der Waals surface area contributed by atoms with Gasteiger partial charge in [-0.2, -0.15) is 9.91 Å². The van der Waals surface area contributed by atoms with Crippen LogP contribution in [0.25, 0.3) is 22.3 Å². The first kappa shape index (κ1) is 20.9. The fraction of sp³-hybridized carbons (Fsp3) is 0.115. The van der Waals surface area contributed by atoms with E-state index in [9.17, 15) is 14.4 Å². The minimum atomic E-state index is -0.705. The molecule has 0 spiro atoms. The molecule has 0 N–H and O–H groups in total. The quantitative estimate of drug-likeness (QED) is 0.439. The Kier molecular flexibility index (Phi) is 4.97. The maximum atomic E-state index is 13.2. The van der Waals surface area contributed by atoms with Crippen molar-refractivity contribution in [3.8, 4) is 11.3 Å². The second-order valence-electron chi connectivity index (χ2n) is 8.24. The molecule has 2 fully saturated rings. The number of urea groups is 1. The molecule has 0 unspecified atom stereocenters. The predicted molar refractivity (Wildman–Crippen MR) is 129 cm³/mol. The molecule has 35 heavy (non-hydrogen) atoms. The summed E-state index contributed by atoms with van der Waals surface area (Å²) < 4.78 is 11.3. The molecular formula is C26H20N4O5. The lowest BCUT2D eigenvalue weighted by molar-refractivity contribution is -0.00194. The molecule has 0 radical (unpaired) electrons. The molecule has 0 atom stereocenters. The minimum absolute atomic E-state index is 0.0370. The molecule has 0 bridgehead atoms. The Bertz CT molecular complexity index is 1490. The molecule has 6 rings (SSSR count). The summed E-state index contributed by atoms with van der Waals surface area (Å²) >= 11 is 0. The third-order valence-electron chi connectivity index (χ3n) is 6.08. The summed E-state index contributed by atoms with van der Waals surface area (Å²) in [5.41, 5.74) is 2.53. The number of carbonyl (C=O) groups is 2. The molecule has 9 heteroatoms. The number of hydrogen-bond donors (Lipinski definition) is 0. The van der Waals surface area contributed by atoms with Crippen LogP contribution < -0.4 is 15.2 Å². The fourth-order valence-corrected chi connectivity index (χ4v) is 4.29. The van der Waals surface area contributed by atoms with Crippen LogP contribution in [0.2, 0.25) is 0 Å². The number of carbonyl (C=O) groups excluding carboxylic acids is 2. The van der Waals surface area contributed by atoms with Crippen LogP contribution in [-0.2, 0) is 4.74 Å². The third kappa shape index (κ3) is 3.68. The van der Waals surface area contributed by atoms with Crippen molar-refractivity contribution in [1.29, 1.82) is 0 Å². The summed E-state index contributed by atoms with van der Waals surface area (Å²) in [6.45, 7) is 0.583. The second kappa shape index (κ2) is 8.30. The van der Waals surface area contributed by atoms with Crippen molar-refractivity contribution >= 4 is 34.5 Å². The van der Waals surface area contributed by atoms with Crippen molar-refractivity contribution in [3.63, 3.8) is 0 Å². The number of cyclic esters (lactones) is 1. The zero-order valence-corrected chi connectivity index (χ0v) is 18.5. The SMILES string of the molecule is O=C1OCN2CN(c3ccc(-c4cc(=O)c5ccccc5o4)cc3)CN2C(=O)N1c1ccccc1. The lowest BCUT2D eigenvalue weighted by Gasteiger charge is -2.24. The largest absolute Gasteiger partial charge is 0.456 e. The molecule has 2 aliphatic heterocycles. The van der Waals surface area contributed by atoms with Gasteiger partial charge in [0.15, 0.2) is 12.2 Å². The van der Waals surface area contributed by atoms with Crippen LogP contribution in [0.3, 0.4) is 0 Å². The van der Waals surface area contributed by atoms with Crippen LogP contribution in [0, 0.1) is 0 Å². The standard InChI is InChI=1S/C26H20N4O5/c31-22-14-24(35-23-9-5-4-8-21(22)23)18-10-12-19(13-11-18)27-15-28-17-34-26(33)30(25(32)29(28)16-27)20-6-2-1-3-7-20/h1-14H,15-17H2. The molecule has 3 amide bonds. The number of amides is 3. The van der Waals surface area contributed by atoms with Crippen molar-refractivity contribution in [2.45, 2.75) is 0 Å². The molecular weight excluding hydrogens is 448 g/mol. The lowest BCUT2D eigenvalue weighted by atomic mass is 10.1. The topological polar surface area (TPSA) is 86.5 Å². The third-order valence-corrected chi connectivity index (χ3v) is 6.08. The van der Waals surface area contributed by atoms with Gasteiger partial charge in [-0.25, -0.2) is 14.6 Å².